The van der Waals surface area contributed by atoms with Gasteiger partial charge in [-0.1, -0.05) is 24.3 Å². The molecule has 20 heavy (non-hydrogen) atoms. The second kappa shape index (κ2) is 6.88. The normalized spacial score (nSPS) is 11.9. The van der Waals surface area contributed by atoms with Gasteiger partial charge in [0, 0.05) is 11.1 Å². The predicted octanol–water partition coefficient (Wildman–Crippen LogP) is 0.471. The van der Waals surface area contributed by atoms with Gasteiger partial charge in [0.1, 0.15) is 0 Å². The Kier molecular flexibility index (Phi) is 5.21. The van der Waals surface area contributed by atoms with E-state index in [0.717, 1.165) is 11.1 Å². The van der Waals surface area contributed by atoms with Crippen LogP contribution in [0.2, 0.25) is 0 Å². The molecule has 1 aromatic carbocycles. The number of nitrogens with zero attached hydrogens (tertiary/aromatic N) is 2. The number of carbonyl (C=O) groups is 2. The summed E-state index contributed by atoms with van der Waals surface area (Å²) in [6, 6.07) is 5.75. The highest BCUT2D eigenvalue weighted by molar-refractivity contribution is 6.11. The Labute approximate surface area is 115 Å². The quantitative estimate of drug-likeness (QED) is 0.470. The molecule has 4 amide bonds. The summed E-state index contributed by atoms with van der Waals surface area (Å²) in [7, 11) is 0. The third kappa shape index (κ3) is 4.41. The second-order valence-electron chi connectivity index (χ2n) is 3.89. The minimum Gasteiger partial charge on any atom is -0.350 e. The number of nitrogens with one attached hydrogen (secondary N) is 2. The number of carbonyl (C=O) groups excluding carboxylic acids is 2. The van der Waals surface area contributed by atoms with Gasteiger partial charge >= 0.3 is 12.1 Å². The first kappa shape index (κ1) is 15.2. The molecule has 1 aromatic rings. The summed E-state index contributed by atoms with van der Waals surface area (Å²) >= 11 is 0. The lowest BCUT2D eigenvalue weighted by Gasteiger charge is -2.08. The Hall–Kier alpha value is -2.90. The monoisotopic (exact) mass is 276 g/mol. The van der Waals surface area contributed by atoms with Crippen LogP contribution in [0.4, 0.5) is 9.59 Å². The molecule has 0 saturated carbocycles. The Morgan fingerprint density at radius 3 is 1.55 bits per heavy atom. The molecule has 0 bridgehead atoms. The fourth-order valence-corrected chi connectivity index (χ4v) is 1.51. The molecule has 0 heterocycles. The molecular weight excluding hydrogens is 260 g/mol. The molecule has 6 N–H and O–H groups in total. The number of hydrogen-bond donors (Lipinski definition) is 4. The average molecular weight is 276 g/mol. The van der Waals surface area contributed by atoms with Gasteiger partial charge in [-0.2, -0.15) is 10.2 Å². The SMILES string of the molecule is C/C(=N\NC(N)=O)c1ccccc1/C(C)=N/NC(N)=O. The Balaban J connectivity index is 3.10. The van der Waals surface area contributed by atoms with Crippen molar-refractivity contribution in [2.45, 2.75) is 13.8 Å². The van der Waals surface area contributed by atoms with Crippen LogP contribution < -0.4 is 22.3 Å². The van der Waals surface area contributed by atoms with E-state index >= 15 is 0 Å². The lowest BCUT2D eigenvalue weighted by Crippen LogP contribution is -2.26. The van der Waals surface area contributed by atoms with Gasteiger partial charge in [-0.15, -0.1) is 0 Å². The van der Waals surface area contributed by atoms with Crippen LogP contribution in [0, 0.1) is 0 Å². The zero-order valence-corrected chi connectivity index (χ0v) is 11.2. The third-order valence-corrected chi connectivity index (χ3v) is 2.37. The van der Waals surface area contributed by atoms with Crippen LogP contribution >= 0.6 is 0 Å². The topological polar surface area (TPSA) is 135 Å². The first-order valence-electron chi connectivity index (χ1n) is 5.71. The summed E-state index contributed by atoms with van der Waals surface area (Å²) in [5, 5.41) is 7.71. The van der Waals surface area contributed by atoms with Crippen molar-refractivity contribution in [1.82, 2.24) is 10.9 Å². The van der Waals surface area contributed by atoms with Crippen molar-refractivity contribution in [3.63, 3.8) is 0 Å². The lowest BCUT2D eigenvalue weighted by molar-refractivity contribution is 0.248. The van der Waals surface area contributed by atoms with E-state index in [1.807, 2.05) is 12.1 Å². The van der Waals surface area contributed by atoms with Crippen LogP contribution in [0.3, 0.4) is 0 Å². The van der Waals surface area contributed by atoms with Crippen molar-refractivity contribution in [3.05, 3.63) is 35.4 Å². The standard InChI is InChI=1S/C12H16N6O2/c1-7(15-17-11(13)19)9-5-3-4-6-10(9)8(2)16-18-12(14)20/h3-6H,1-2H3,(H3,13,17,19)(H3,14,18,20)/b15-7+,16-8+. The van der Waals surface area contributed by atoms with Crippen LogP contribution in [0.1, 0.15) is 25.0 Å². The summed E-state index contributed by atoms with van der Waals surface area (Å²) in [4.78, 5) is 21.3. The lowest BCUT2D eigenvalue weighted by atomic mass is 10.0. The maximum atomic E-state index is 10.7. The molecule has 0 saturated heterocycles. The van der Waals surface area contributed by atoms with Gasteiger partial charge in [0.05, 0.1) is 11.4 Å². The van der Waals surface area contributed by atoms with Crippen molar-refractivity contribution >= 4 is 23.5 Å². The molecule has 0 fully saturated rings. The highest BCUT2D eigenvalue weighted by atomic mass is 16.2. The van der Waals surface area contributed by atoms with E-state index in [-0.39, 0.29) is 0 Å². The number of urea groups is 2. The maximum absolute atomic E-state index is 10.7. The smallest absolute Gasteiger partial charge is 0.332 e. The number of primary amides is 2. The number of rotatable bonds is 4. The fourth-order valence-electron chi connectivity index (χ4n) is 1.51. The highest BCUT2D eigenvalue weighted by Gasteiger charge is 2.08. The first-order chi connectivity index (χ1) is 9.41. The molecule has 0 aliphatic rings. The van der Waals surface area contributed by atoms with E-state index in [9.17, 15) is 9.59 Å². The van der Waals surface area contributed by atoms with Crippen molar-refractivity contribution in [2.75, 3.05) is 0 Å². The summed E-state index contributed by atoms with van der Waals surface area (Å²) in [5.74, 6) is 0. The van der Waals surface area contributed by atoms with Gasteiger partial charge < -0.3 is 11.5 Å². The predicted molar refractivity (Wildman–Crippen MR) is 76.3 cm³/mol. The maximum Gasteiger partial charge on any atom is 0.332 e. The molecule has 0 atom stereocenters. The largest absolute Gasteiger partial charge is 0.350 e. The highest BCUT2D eigenvalue weighted by Crippen LogP contribution is 2.11. The molecule has 106 valence electrons. The minimum absolute atomic E-state index is 0.549. The van der Waals surface area contributed by atoms with Crippen LogP contribution in [-0.2, 0) is 0 Å². The number of hydrogen-bond acceptors (Lipinski definition) is 4. The molecule has 1 rings (SSSR count). The molecular formula is C12H16N6O2. The van der Waals surface area contributed by atoms with Crippen molar-refractivity contribution in [3.8, 4) is 0 Å². The molecule has 0 aliphatic carbocycles. The van der Waals surface area contributed by atoms with Gasteiger partial charge in [0.25, 0.3) is 0 Å². The zero-order valence-electron chi connectivity index (χ0n) is 11.2. The summed E-state index contributed by atoms with van der Waals surface area (Å²) < 4.78 is 0. The van der Waals surface area contributed by atoms with Crippen molar-refractivity contribution in [2.24, 2.45) is 21.7 Å². The molecule has 8 heteroatoms. The van der Waals surface area contributed by atoms with Gasteiger partial charge in [-0.3, -0.25) is 0 Å². The van der Waals surface area contributed by atoms with Gasteiger partial charge in [0.15, 0.2) is 0 Å². The summed E-state index contributed by atoms with van der Waals surface area (Å²) in [6.45, 7) is 3.42. The number of nitrogens with two attached hydrogens (primary N) is 2. The molecule has 0 aromatic heterocycles. The fraction of sp³-hybridized carbons (Fsp3) is 0.167. The van der Waals surface area contributed by atoms with Crippen molar-refractivity contribution < 1.29 is 9.59 Å². The van der Waals surface area contributed by atoms with Crippen molar-refractivity contribution in [1.29, 1.82) is 0 Å². The van der Waals surface area contributed by atoms with E-state index in [0.29, 0.717) is 11.4 Å². The Bertz CT molecular complexity index is 528. The third-order valence-electron chi connectivity index (χ3n) is 2.37. The van der Waals surface area contributed by atoms with Crippen LogP contribution in [-0.4, -0.2) is 23.5 Å². The molecule has 0 aliphatic heterocycles. The van der Waals surface area contributed by atoms with Crippen LogP contribution in [0.25, 0.3) is 0 Å². The molecule has 8 nitrogen and oxygen atoms in total. The second-order valence-corrected chi connectivity index (χ2v) is 3.89. The Morgan fingerprint density at radius 1 is 0.900 bits per heavy atom. The van der Waals surface area contributed by atoms with E-state index in [1.54, 1.807) is 26.0 Å². The van der Waals surface area contributed by atoms with Gasteiger partial charge in [0.2, 0.25) is 0 Å². The summed E-state index contributed by atoms with van der Waals surface area (Å²) in [6.07, 6.45) is 0. The van der Waals surface area contributed by atoms with Crippen LogP contribution in [0.5, 0.6) is 0 Å². The van der Waals surface area contributed by atoms with Gasteiger partial charge in [-0.25, -0.2) is 20.4 Å². The van der Waals surface area contributed by atoms with E-state index in [2.05, 4.69) is 21.1 Å². The molecule has 0 radical (unpaired) electrons. The van der Waals surface area contributed by atoms with E-state index < -0.39 is 12.1 Å². The van der Waals surface area contributed by atoms with E-state index in [4.69, 9.17) is 11.5 Å². The van der Waals surface area contributed by atoms with E-state index in [1.165, 1.54) is 0 Å². The van der Waals surface area contributed by atoms with Gasteiger partial charge in [-0.05, 0) is 13.8 Å². The first-order valence-corrected chi connectivity index (χ1v) is 5.71. The molecule has 0 unspecified atom stereocenters. The molecule has 0 spiro atoms. The number of amides is 4. The number of benzene rings is 1. The zero-order chi connectivity index (χ0) is 15.1. The minimum atomic E-state index is -0.748. The number of hydrazone groups is 2. The average Bonchev–Trinajstić information content (AvgIpc) is 2.42. The Morgan fingerprint density at radius 2 is 1.25 bits per heavy atom. The van der Waals surface area contributed by atoms with Crippen LogP contribution in [0.15, 0.2) is 34.5 Å². The summed E-state index contributed by atoms with van der Waals surface area (Å²) in [5.41, 5.74) is 16.8.